The zero-order valence-corrected chi connectivity index (χ0v) is 7.69. The zero-order valence-electron chi connectivity index (χ0n) is 6.53. The van der Waals surface area contributed by atoms with Crippen molar-refractivity contribution in [3.63, 3.8) is 0 Å². The van der Waals surface area contributed by atoms with Gasteiger partial charge in [0.2, 0.25) is 0 Å². The van der Waals surface area contributed by atoms with Crippen LogP contribution in [0.15, 0.2) is 17.3 Å². The molecule has 2 aliphatic rings. The van der Waals surface area contributed by atoms with E-state index in [0.29, 0.717) is 6.04 Å². The first-order chi connectivity index (χ1) is 5.38. The van der Waals surface area contributed by atoms with Crippen molar-refractivity contribution in [3.05, 3.63) is 12.3 Å². The molecule has 0 bridgehead atoms. The van der Waals surface area contributed by atoms with Gasteiger partial charge in [0, 0.05) is 24.9 Å². The third-order valence-corrected chi connectivity index (χ3v) is 2.97. The molecule has 2 aliphatic heterocycles. The van der Waals surface area contributed by atoms with Crippen molar-refractivity contribution >= 4 is 15.1 Å². The molecule has 2 heterocycles. The first-order valence-corrected chi connectivity index (χ1v) is 4.62. The van der Waals surface area contributed by atoms with E-state index in [-0.39, 0.29) is 0 Å². The Balaban J connectivity index is 2.04. The van der Waals surface area contributed by atoms with E-state index in [4.69, 9.17) is 0 Å². The minimum absolute atomic E-state index is 0.606. The van der Waals surface area contributed by atoms with E-state index in [0.717, 1.165) is 6.42 Å². The molecule has 0 aromatic rings. The first kappa shape index (κ1) is 7.45. The molecule has 60 valence electrons. The fourth-order valence-electron chi connectivity index (χ4n) is 1.74. The summed E-state index contributed by atoms with van der Waals surface area (Å²) >= 11 is 0. The highest BCUT2D eigenvalue weighted by Crippen LogP contribution is 2.24. The van der Waals surface area contributed by atoms with Crippen molar-refractivity contribution in [2.45, 2.75) is 25.3 Å². The van der Waals surface area contributed by atoms with Crippen LogP contribution < -0.4 is 0 Å². The summed E-state index contributed by atoms with van der Waals surface area (Å²) in [6.07, 6.45) is 7.71. The highest BCUT2D eigenvalue weighted by Gasteiger charge is 2.25. The zero-order chi connectivity index (χ0) is 7.68. The molecule has 11 heavy (non-hydrogen) atoms. The molecule has 1 unspecified atom stereocenters. The van der Waals surface area contributed by atoms with Gasteiger partial charge in [-0.3, -0.25) is 9.66 Å². The SMILES string of the molecule is PN1CCC[C@H]1C1=NC=CC1. The fraction of sp³-hybridized carbons (Fsp3) is 0.625. The molecular weight excluding hydrogens is 155 g/mol. The van der Waals surface area contributed by atoms with E-state index < -0.39 is 0 Å². The van der Waals surface area contributed by atoms with Crippen LogP contribution in [-0.2, 0) is 0 Å². The number of aliphatic imine (C=N–C) groups is 1. The number of hydrogen-bond donors (Lipinski definition) is 0. The lowest BCUT2D eigenvalue weighted by Gasteiger charge is -2.18. The summed E-state index contributed by atoms with van der Waals surface area (Å²) in [5.41, 5.74) is 1.34. The molecule has 2 atom stereocenters. The topological polar surface area (TPSA) is 15.6 Å². The summed E-state index contributed by atoms with van der Waals surface area (Å²) in [5, 5.41) is 0. The van der Waals surface area contributed by atoms with E-state index in [9.17, 15) is 0 Å². The number of allylic oxidation sites excluding steroid dienone is 1. The summed E-state index contributed by atoms with van der Waals surface area (Å²) in [5.74, 6) is 0. The van der Waals surface area contributed by atoms with Gasteiger partial charge >= 0.3 is 0 Å². The van der Waals surface area contributed by atoms with Crippen LogP contribution in [0.5, 0.6) is 0 Å². The Kier molecular flexibility index (Phi) is 2.06. The maximum absolute atomic E-state index is 4.35. The Morgan fingerprint density at radius 3 is 3.09 bits per heavy atom. The van der Waals surface area contributed by atoms with Gasteiger partial charge in [0.15, 0.2) is 0 Å². The third kappa shape index (κ3) is 1.38. The second kappa shape index (κ2) is 3.04. The molecule has 0 aliphatic carbocycles. The van der Waals surface area contributed by atoms with Crippen LogP contribution in [0, 0.1) is 0 Å². The van der Waals surface area contributed by atoms with E-state index in [1.54, 1.807) is 0 Å². The molecular formula is C8H13N2P. The molecule has 2 rings (SSSR count). The summed E-state index contributed by atoms with van der Waals surface area (Å²) in [6.45, 7) is 1.20. The summed E-state index contributed by atoms with van der Waals surface area (Å²) < 4.78 is 2.33. The van der Waals surface area contributed by atoms with Gasteiger partial charge < -0.3 is 0 Å². The Labute approximate surface area is 69.6 Å². The normalized spacial score (nSPS) is 31.4. The number of hydrogen-bond acceptors (Lipinski definition) is 2. The van der Waals surface area contributed by atoms with Gasteiger partial charge in [0.25, 0.3) is 0 Å². The standard InChI is InChI=1S/C8H13N2P/c11-10-6-2-4-8(10)7-3-1-5-9-7/h1,5,8H,2-4,6,11H2/t8-/m0/s1. The van der Waals surface area contributed by atoms with Crippen molar-refractivity contribution in [2.24, 2.45) is 4.99 Å². The number of nitrogens with zero attached hydrogens (tertiary/aromatic N) is 2. The van der Waals surface area contributed by atoms with Crippen LogP contribution in [0.25, 0.3) is 0 Å². The van der Waals surface area contributed by atoms with E-state index in [1.807, 2.05) is 6.20 Å². The molecule has 0 N–H and O–H groups in total. The van der Waals surface area contributed by atoms with Gasteiger partial charge in [-0.25, -0.2) is 0 Å². The van der Waals surface area contributed by atoms with Gasteiger partial charge in [0.1, 0.15) is 0 Å². The summed E-state index contributed by atoms with van der Waals surface area (Å²) in [7, 11) is 2.79. The van der Waals surface area contributed by atoms with Crippen LogP contribution in [0.3, 0.4) is 0 Å². The average Bonchev–Trinajstić information content (AvgIpc) is 2.55. The highest BCUT2D eigenvalue weighted by molar-refractivity contribution is 7.13. The lowest BCUT2D eigenvalue weighted by molar-refractivity contribution is 0.523. The van der Waals surface area contributed by atoms with Crippen molar-refractivity contribution < 1.29 is 0 Å². The van der Waals surface area contributed by atoms with Crippen molar-refractivity contribution in [1.29, 1.82) is 0 Å². The summed E-state index contributed by atoms with van der Waals surface area (Å²) in [6, 6.07) is 0.606. The smallest absolute Gasteiger partial charge is 0.0516 e. The molecule has 1 fully saturated rings. The fourth-order valence-corrected chi connectivity index (χ4v) is 2.25. The van der Waals surface area contributed by atoms with Crippen LogP contribution >= 0.6 is 9.39 Å². The minimum atomic E-state index is 0.606. The van der Waals surface area contributed by atoms with Crippen molar-refractivity contribution in [2.75, 3.05) is 6.54 Å². The molecule has 3 heteroatoms. The molecule has 0 aromatic carbocycles. The van der Waals surface area contributed by atoms with Crippen LogP contribution in [0.2, 0.25) is 0 Å². The van der Waals surface area contributed by atoms with Gasteiger partial charge in [0.05, 0.1) is 6.04 Å². The Morgan fingerprint density at radius 2 is 2.55 bits per heavy atom. The Morgan fingerprint density at radius 1 is 1.64 bits per heavy atom. The van der Waals surface area contributed by atoms with Crippen molar-refractivity contribution in [1.82, 2.24) is 4.67 Å². The molecule has 1 saturated heterocycles. The van der Waals surface area contributed by atoms with Gasteiger partial charge in [-0.15, -0.1) is 0 Å². The van der Waals surface area contributed by atoms with Crippen LogP contribution in [0.4, 0.5) is 0 Å². The first-order valence-electron chi connectivity index (χ1n) is 4.11. The molecule has 0 saturated carbocycles. The van der Waals surface area contributed by atoms with Gasteiger partial charge in [-0.1, -0.05) is 15.5 Å². The second-order valence-electron chi connectivity index (χ2n) is 3.11. The molecule has 0 amide bonds. The number of rotatable bonds is 1. The monoisotopic (exact) mass is 168 g/mol. The minimum Gasteiger partial charge on any atom is -0.279 e. The molecule has 2 nitrogen and oxygen atoms in total. The largest absolute Gasteiger partial charge is 0.279 e. The van der Waals surface area contributed by atoms with Crippen LogP contribution in [0.1, 0.15) is 19.3 Å². The lowest BCUT2D eigenvalue weighted by Crippen LogP contribution is -2.27. The van der Waals surface area contributed by atoms with Crippen LogP contribution in [-0.4, -0.2) is 23.0 Å². The van der Waals surface area contributed by atoms with Crippen molar-refractivity contribution in [3.8, 4) is 0 Å². The quantitative estimate of drug-likeness (QED) is 0.543. The maximum Gasteiger partial charge on any atom is 0.0516 e. The lowest BCUT2D eigenvalue weighted by atomic mass is 10.1. The second-order valence-corrected chi connectivity index (χ2v) is 3.77. The maximum atomic E-state index is 4.35. The van der Waals surface area contributed by atoms with Gasteiger partial charge in [-0.05, 0) is 12.8 Å². The Hall–Kier alpha value is -0.200. The van der Waals surface area contributed by atoms with E-state index >= 15 is 0 Å². The van der Waals surface area contributed by atoms with E-state index in [2.05, 4.69) is 25.1 Å². The molecule has 0 aromatic heterocycles. The highest BCUT2D eigenvalue weighted by atomic mass is 31.0. The predicted molar refractivity (Wildman–Crippen MR) is 50.6 cm³/mol. The Bertz CT molecular complexity index is 210. The van der Waals surface area contributed by atoms with E-state index in [1.165, 1.54) is 25.1 Å². The molecule has 0 radical (unpaired) electrons. The predicted octanol–water partition coefficient (Wildman–Crippen LogP) is 1.60. The molecule has 0 spiro atoms. The summed E-state index contributed by atoms with van der Waals surface area (Å²) in [4.78, 5) is 4.35. The third-order valence-electron chi connectivity index (χ3n) is 2.35. The average molecular weight is 168 g/mol. The van der Waals surface area contributed by atoms with Gasteiger partial charge in [-0.2, -0.15) is 0 Å².